The third kappa shape index (κ3) is 5.95. The molecule has 1 aliphatic heterocycles. The number of hydrogen-bond acceptors (Lipinski definition) is 7. The predicted molar refractivity (Wildman–Crippen MR) is 138 cm³/mol. The highest BCUT2D eigenvalue weighted by molar-refractivity contribution is 8.18. The summed E-state index contributed by atoms with van der Waals surface area (Å²) in [6, 6.07) is 15.4. The Morgan fingerprint density at radius 2 is 1.84 bits per heavy atom. The molecule has 2 amide bonds. The number of hydrogen-bond donors (Lipinski definition) is 0. The van der Waals surface area contributed by atoms with Crippen molar-refractivity contribution in [3.05, 3.63) is 93.1 Å². The van der Waals surface area contributed by atoms with Gasteiger partial charge in [0.15, 0.2) is 11.5 Å². The molecule has 1 aliphatic rings. The third-order valence-electron chi connectivity index (χ3n) is 5.35. The summed E-state index contributed by atoms with van der Waals surface area (Å²) in [4.78, 5) is 39.1. The topological polar surface area (TPSA) is 82.1 Å². The molecule has 4 rings (SSSR count). The Morgan fingerprint density at radius 3 is 2.51 bits per heavy atom. The molecule has 3 aromatic rings. The number of methoxy groups -OCH3 is 1. The van der Waals surface area contributed by atoms with Crippen molar-refractivity contribution in [2.45, 2.75) is 13.5 Å². The highest BCUT2D eigenvalue weighted by Crippen LogP contribution is 2.36. The molecule has 7 nitrogen and oxygen atoms in total. The van der Waals surface area contributed by atoms with Crippen LogP contribution in [-0.2, 0) is 11.3 Å². The summed E-state index contributed by atoms with van der Waals surface area (Å²) in [5.74, 6) is -0.654. The largest absolute Gasteiger partial charge is 0.497 e. The van der Waals surface area contributed by atoms with Crippen LogP contribution in [0.4, 0.5) is 9.18 Å². The van der Waals surface area contributed by atoms with Crippen LogP contribution in [0.25, 0.3) is 6.08 Å². The van der Waals surface area contributed by atoms with E-state index in [1.807, 2.05) is 0 Å². The number of carbonyl (C=O) groups is 3. The second kappa shape index (κ2) is 11.5. The quantitative estimate of drug-likeness (QED) is 0.187. The molecule has 0 saturated carbocycles. The van der Waals surface area contributed by atoms with E-state index in [2.05, 4.69) is 0 Å². The first kappa shape index (κ1) is 26.2. The van der Waals surface area contributed by atoms with Gasteiger partial charge >= 0.3 is 5.97 Å². The molecule has 0 radical (unpaired) electrons. The number of ether oxygens (including phenoxy) is 3. The standard InChI is InChI=1S/C27H21ClFNO6S/c1-3-35-23-13-16(7-12-22(23)36-26(32)17-8-10-18(34-2)11-9-17)14-24-25(31)30(27(33)37-24)15-19-20(28)5-4-6-21(19)29/h4-14H,3,15H2,1-2H3/b24-14-. The molecule has 37 heavy (non-hydrogen) atoms. The van der Waals surface area contributed by atoms with E-state index in [1.54, 1.807) is 49.4 Å². The maximum Gasteiger partial charge on any atom is 0.343 e. The van der Waals surface area contributed by atoms with Crippen LogP contribution in [0, 0.1) is 5.82 Å². The number of carbonyl (C=O) groups excluding carboxylic acids is 3. The Hall–Kier alpha value is -3.82. The van der Waals surface area contributed by atoms with Crippen molar-refractivity contribution >= 4 is 46.6 Å². The number of amides is 2. The number of imide groups is 1. The maximum absolute atomic E-state index is 14.2. The average molecular weight is 542 g/mol. The van der Waals surface area contributed by atoms with Crippen LogP contribution in [0.5, 0.6) is 17.2 Å². The Kier molecular flexibility index (Phi) is 8.15. The van der Waals surface area contributed by atoms with Crippen LogP contribution in [-0.4, -0.2) is 35.7 Å². The van der Waals surface area contributed by atoms with Gasteiger partial charge in [0.2, 0.25) is 0 Å². The van der Waals surface area contributed by atoms with E-state index in [1.165, 1.54) is 31.4 Å². The molecule has 190 valence electrons. The molecule has 0 bridgehead atoms. The Bertz CT molecular complexity index is 1370. The minimum absolute atomic E-state index is 0.0642. The molecule has 0 N–H and O–H groups in total. The normalized spacial score (nSPS) is 14.3. The highest BCUT2D eigenvalue weighted by Gasteiger charge is 2.36. The van der Waals surface area contributed by atoms with Crippen molar-refractivity contribution in [1.82, 2.24) is 4.90 Å². The first-order valence-corrected chi connectivity index (χ1v) is 12.3. The zero-order valence-electron chi connectivity index (χ0n) is 19.8. The molecular formula is C27H21ClFNO6S. The molecule has 1 fully saturated rings. The maximum atomic E-state index is 14.2. The lowest BCUT2D eigenvalue weighted by Crippen LogP contribution is -2.28. The van der Waals surface area contributed by atoms with Gasteiger partial charge in [0.05, 0.1) is 30.7 Å². The van der Waals surface area contributed by atoms with Gasteiger partial charge < -0.3 is 14.2 Å². The molecule has 0 aromatic heterocycles. The molecule has 1 saturated heterocycles. The smallest absolute Gasteiger partial charge is 0.343 e. The van der Waals surface area contributed by atoms with Gasteiger partial charge in [-0.05, 0) is 78.9 Å². The van der Waals surface area contributed by atoms with Crippen LogP contribution >= 0.6 is 23.4 Å². The van der Waals surface area contributed by atoms with E-state index in [0.717, 1.165) is 16.7 Å². The summed E-state index contributed by atoms with van der Waals surface area (Å²) in [6.45, 7) is 1.80. The summed E-state index contributed by atoms with van der Waals surface area (Å²) >= 11 is 6.79. The van der Waals surface area contributed by atoms with Crippen molar-refractivity contribution in [1.29, 1.82) is 0 Å². The first-order chi connectivity index (χ1) is 17.8. The second-order valence-corrected chi connectivity index (χ2v) is 9.13. The van der Waals surface area contributed by atoms with Gasteiger partial charge in [-0.3, -0.25) is 14.5 Å². The predicted octanol–water partition coefficient (Wildman–Crippen LogP) is 6.34. The molecule has 0 atom stereocenters. The number of rotatable bonds is 8. The molecule has 10 heteroatoms. The van der Waals surface area contributed by atoms with Gasteiger partial charge in [0.25, 0.3) is 11.1 Å². The molecule has 0 unspecified atom stereocenters. The van der Waals surface area contributed by atoms with Gasteiger partial charge in [-0.2, -0.15) is 0 Å². The van der Waals surface area contributed by atoms with Crippen LogP contribution in [0.3, 0.4) is 0 Å². The fourth-order valence-electron chi connectivity index (χ4n) is 3.48. The minimum Gasteiger partial charge on any atom is -0.497 e. The van der Waals surface area contributed by atoms with Crippen LogP contribution in [0.1, 0.15) is 28.4 Å². The SMILES string of the molecule is CCOc1cc(/C=C2\SC(=O)N(Cc3c(F)cccc3Cl)C2=O)ccc1OC(=O)c1ccc(OC)cc1. The van der Waals surface area contributed by atoms with Gasteiger partial charge in [-0.15, -0.1) is 0 Å². The van der Waals surface area contributed by atoms with Crippen molar-refractivity contribution in [3.63, 3.8) is 0 Å². The van der Waals surface area contributed by atoms with E-state index in [-0.39, 0.29) is 33.5 Å². The number of halogens is 2. The molecule has 3 aromatic carbocycles. The summed E-state index contributed by atoms with van der Waals surface area (Å²) in [6.07, 6.45) is 1.52. The Labute approximate surface area is 221 Å². The molecular weight excluding hydrogens is 521 g/mol. The van der Waals surface area contributed by atoms with Gasteiger partial charge in [0.1, 0.15) is 11.6 Å². The highest BCUT2D eigenvalue weighted by atomic mass is 35.5. The zero-order chi connectivity index (χ0) is 26.5. The van der Waals surface area contributed by atoms with E-state index < -0.39 is 22.9 Å². The van der Waals surface area contributed by atoms with Gasteiger partial charge in [-0.25, -0.2) is 9.18 Å². The third-order valence-corrected chi connectivity index (χ3v) is 6.61. The number of thioether (sulfide) groups is 1. The first-order valence-electron chi connectivity index (χ1n) is 11.1. The van der Waals surface area contributed by atoms with Crippen LogP contribution < -0.4 is 14.2 Å². The second-order valence-electron chi connectivity index (χ2n) is 7.73. The number of esters is 1. The zero-order valence-corrected chi connectivity index (χ0v) is 21.4. The minimum atomic E-state index is -0.600. The number of nitrogens with zero attached hydrogens (tertiary/aromatic N) is 1. The van der Waals surface area contributed by atoms with E-state index in [0.29, 0.717) is 23.5 Å². The summed E-state index contributed by atoms with van der Waals surface area (Å²) in [5, 5.41) is -0.408. The fourth-order valence-corrected chi connectivity index (χ4v) is 4.54. The fraction of sp³-hybridized carbons (Fsp3) is 0.148. The summed E-state index contributed by atoms with van der Waals surface area (Å²) in [7, 11) is 1.53. The molecule has 0 aliphatic carbocycles. The Morgan fingerprint density at radius 1 is 1.08 bits per heavy atom. The van der Waals surface area contributed by atoms with E-state index >= 15 is 0 Å². The lowest BCUT2D eigenvalue weighted by Gasteiger charge is -2.14. The average Bonchev–Trinajstić information content (AvgIpc) is 3.15. The van der Waals surface area contributed by atoms with E-state index in [4.69, 9.17) is 25.8 Å². The molecule has 0 spiro atoms. The summed E-state index contributed by atoms with van der Waals surface area (Å²) < 4.78 is 30.4. The van der Waals surface area contributed by atoms with Crippen LogP contribution in [0.15, 0.2) is 65.6 Å². The Balaban J connectivity index is 1.54. The van der Waals surface area contributed by atoms with Crippen molar-refractivity contribution in [2.75, 3.05) is 13.7 Å². The van der Waals surface area contributed by atoms with Crippen molar-refractivity contribution in [2.24, 2.45) is 0 Å². The number of benzene rings is 3. The van der Waals surface area contributed by atoms with Crippen LogP contribution in [0.2, 0.25) is 5.02 Å². The lowest BCUT2D eigenvalue weighted by molar-refractivity contribution is -0.123. The van der Waals surface area contributed by atoms with Crippen molar-refractivity contribution in [3.8, 4) is 17.2 Å². The van der Waals surface area contributed by atoms with Gasteiger partial charge in [0, 0.05) is 10.6 Å². The van der Waals surface area contributed by atoms with Crippen molar-refractivity contribution < 1.29 is 33.0 Å². The summed E-state index contributed by atoms with van der Waals surface area (Å²) in [5.41, 5.74) is 0.937. The lowest BCUT2D eigenvalue weighted by atomic mass is 10.1. The van der Waals surface area contributed by atoms with Gasteiger partial charge in [-0.1, -0.05) is 23.7 Å². The molecule has 1 heterocycles. The monoisotopic (exact) mass is 541 g/mol. The van der Waals surface area contributed by atoms with E-state index in [9.17, 15) is 18.8 Å².